The fraction of sp³-hybridized carbons (Fsp3) is 0.667. The zero-order valence-electron chi connectivity index (χ0n) is 13.6. The number of nitrogens with zero attached hydrogens (tertiary/aromatic N) is 1. The van der Waals surface area contributed by atoms with E-state index in [0.717, 1.165) is 25.2 Å². The molecule has 1 N–H and O–H groups in total. The van der Waals surface area contributed by atoms with Gasteiger partial charge in [-0.2, -0.15) is 0 Å². The van der Waals surface area contributed by atoms with Crippen LogP contribution < -0.4 is 10.1 Å². The number of hydrogen-bond donors (Lipinski definition) is 1. The Morgan fingerprint density at radius 1 is 1.33 bits per heavy atom. The summed E-state index contributed by atoms with van der Waals surface area (Å²) in [7, 11) is 2.09. The molecule has 3 rings (SSSR count). The van der Waals surface area contributed by atoms with E-state index in [1.54, 1.807) is 0 Å². The lowest BCUT2D eigenvalue weighted by Gasteiger charge is -2.45. The summed E-state index contributed by atoms with van der Waals surface area (Å²) < 4.78 is 5.96. The van der Waals surface area contributed by atoms with E-state index >= 15 is 0 Å². The van der Waals surface area contributed by atoms with Crippen molar-refractivity contribution in [2.45, 2.75) is 51.1 Å². The highest BCUT2D eigenvalue weighted by atomic mass is 16.5. The van der Waals surface area contributed by atoms with Gasteiger partial charge in [0.2, 0.25) is 0 Å². The fourth-order valence-corrected chi connectivity index (χ4v) is 4.11. The molecule has 21 heavy (non-hydrogen) atoms. The Morgan fingerprint density at radius 3 is 2.76 bits per heavy atom. The maximum Gasteiger partial charge on any atom is 0.127 e. The van der Waals surface area contributed by atoms with Crippen LogP contribution in [0.15, 0.2) is 18.2 Å². The van der Waals surface area contributed by atoms with E-state index in [9.17, 15) is 0 Å². The van der Waals surface area contributed by atoms with Crippen LogP contribution in [0.3, 0.4) is 0 Å². The summed E-state index contributed by atoms with van der Waals surface area (Å²) in [5.41, 5.74) is 2.85. The average molecular weight is 288 g/mol. The molecule has 0 aliphatic carbocycles. The molecule has 0 radical (unpaired) electrons. The van der Waals surface area contributed by atoms with Gasteiger partial charge in [-0.3, -0.25) is 4.90 Å². The number of benzene rings is 1. The molecular weight excluding hydrogens is 260 g/mol. The molecule has 2 unspecified atom stereocenters. The van der Waals surface area contributed by atoms with Crippen molar-refractivity contribution in [1.82, 2.24) is 10.2 Å². The van der Waals surface area contributed by atoms with Crippen molar-refractivity contribution in [3.63, 3.8) is 0 Å². The van der Waals surface area contributed by atoms with Gasteiger partial charge < -0.3 is 10.1 Å². The van der Waals surface area contributed by atoms with Gasteiger partial charge in [0.15, 0.2) is 0 Å². The molecule has 1 saturated heterocycles. The lowest BCUT2D eigenvalue weighted by Crippen LogP contribution is -2.52. The minimum Gasteiger partial charge on any atom is -0.493 e. The van der Waals surface area contributed by atoms with Crippen LogP contribution >= 0.6 is 0 Å². The molecule has 1 fully saturated rings. The monoisotopic (exact) mass is 288 g/mol. The number of rotatable bonds is 5. The van der Waals surface area contributed by atoms with E-state index in [1.807, 2.05) is 0 Å². The second-order valence-corrected chi connectivity index (χ2v) is 6.56. The predicted molar refractivity (Wildman–Crippen MR) is 86.9 cm³/mol. The molecule has 0 bridgehead atoms. The van der Waals surface area contributed by atoms with Gasteiger partial charge in [-0.1, -0.05) is 25.1 Å². The van der Waals surface area contributed by atoms with Crippen molar-refractivity contribution in [3.05, 3.63) is 29.3 Å². The summed E-state index contributed by atoms with van der Waals surface area (Å²) in [5, 5.41) is 3.59. The molecular formula is C18H28N2O. The van der Waals surface area contributed by atoms with Gasteiger partial charge in [0.1, 0.15) is 5.75 Å². The number of likely N-dealkylation sites (N-methyl/N-ethyl adjacent to an activating group) is 1. The van der Waals surface area contributed by atoms with Gasteiger partial charge in [0, 0.05) is 17.5 Å². The molecule has 0 saturated carbocycles. The average Bonchev–Trinajstić information content (AvgIpc) is 3.19. The van der Waals surface area contributed by atoms with Gasteiger partial charge in [-0.25, -0.2) is 0 Å². The van der Waals surface area contributed by atoms with Crippen molar-refractivity contribution < 1.29 is 4.74 Å². The van der Waals surface area contributed by atoms with Crippen molar-refractivity contribution in [2.24, 2.45) is 0 Å². The van der Waals surface area contributed by atoms with Crippen molar-refractivity contribution in [2.75, 3.05) is 26.7 Å². The van der Waals surface area contributed by atoms with E-state index in [2.05, 4.69) is 49.3 Å². The van der Waals surface area contributed by atoms with Crippen molar-refractivity contribution in [3.8, 4) is 5.75 Å². The third kappa shape index (κ3) is 2.47. The van der Waals surface area contributed by atoms with Crippen molar-refractivity contribution >= 4 is 0 Å². The minimum atomic E-state index is 0.145. The molecule has 2 heterocycles. The number of para-hydroxylation sites is 1. The van der Waals surface area contributed by atoms with Crippen LogP contribution in [0, 0.1) is 0 Å². The molecule has 1 aromatic carbocycles. The zero-order chi connectivity index (χ0) is 14.9. The number of ether oxygens (including phenoxy) is 1. The van der Waals surface area contributed by atoms with Gasteiger partial charge >= 0.3 is 0 Å². The smallest absolute Gasteiger partial charge is 0.127 e. The Hall–Kier alpha value is -1.06. The SMILES string of the molecule is CCC(C)(C(NC)c1cccc2c1OCC2)N1CCCC1. The molecule has 116 valence electrons. The minimum absolute atomic E-state index is 0.145. The van der Waals surface area contributed by atoms with Crippen LogP contribution in [0.25, 0.3) is 0 Å². The normalized spacial score (nSPS) is 22.6. The highest BCUT2D eigenvalue weighted by Crippen LogP contribution is 2.42. The Bertz CT molecular complexity index is 496. The molecule has 3 nitrogen and oxygen atoms in total. The van der Waals surface area contributed by atoms with Crippen molar-refractivity contribution in [1.29, 1.82) is 0 Å². The van der Waals surface area contributed by atoms with Gasteiger partial charge in [-0.15, -0.1) is 0 Å². The van der Waals surface area contributed by atoms with E-state index in [1.165, 1.54) is 37.1 Å². The van der Waals surface area contributed by atoms with E-state index in [0.29, 0.717) is 6.04 Å². The van der Waals surface area contributed by atoms with E-state index in [-0.39, 0.29) is 5.54 Å². The first kappa shape index (κ1) is 14.9. The first-order chi connectivity index (χ1) is 10.2. The highest BCUT2D eigenvalue weighted by Gasteiger charge is 2.41. The molecule has 2 aliphatic rings. The molecule has 0 amide bonds. The second-order valence-electron chi connectivity index (χ2n) is 6.56. The largest absolute Gasteiger partial charge is 0.493 e. The maximum absolute atomic E-state index is 5.96. The number of hydrogen-bond acceptors (Lipinski definition) is 3. The van der Waals surface area contributed by atoms with Gasteiger partial charge in [-0.05, 0) is 51.9 Å². The highest BCUT2D eigenvalue weighted by molar-refractivity contribution is 5.46. The standard InChI is InChI=1S/C18H28N2O/c1-4-18(2,20-11-5-6-12-20)17(19-3)15-9-7-8-14-10-13-21-16(14)15/h7-9,17,19H,4-6,10-13H2,1-3H3. The summed E-state index contributed by atoms with van der Waals surface area (Å²) in [6.45, 7) is 7.99. The van der Waals surface area contributed by atoms with Crippen LogP contribution in [-0.2, 0) is 6.42 Å². The summed E-state index contributed by atoms with van der Waals surface area (Å²) in [6, 6.07) is 6.95. The van der Waals surface area contributed by atoms with Crippen LogP contribution in [0.4, 0.5) is 0 Å². The van der Waals surface area contributed by atoms with Crippen LogP contribution in [0.2, 0.25) is 0 Å². The predicted octanol–water partition coefficient (Wildman–Crippen LogP) is 3.15. The first-order valence-corrected chi connectivity index (χ1v) is 8.37. The molecule has 0 aromatic heterocycles. The zero-order valence-corrected chi connectivity index (χ0v) is 13.6. The molecule has 3 heteroatoms. The summed E-state index contributed by atoms with van der Waals surface area (Å²) in [5.74, 6) is 1.13. The van der Waals surface area contributed by atoms with E-state index < -0.39 is 0 Å². The fourth-order valence-electron chi connectivity index (χ4n) is 4.11. The molecule has 2 aliphatic heterocycles. The topological polar surface area (TPSA) is 24.5 Å². The molecule has 0 spiro atoms. The number of likely N-dealkylation sites (tertiary alicyclic amines) is 1. The van der Waals surface area contributed by atoms with Gasteiger partial charge in [0.05, 0.1) is 12.6 Å². The van der Waals surface area contributed by atoms with Crippen LogP contribution in [0.1, 0.15) is 50.3 Å². The quantitative estimate of drug-likeness (QED) is 0.901. The van der Waals surface area contributed by atoms with Crippen LogP contribution in [0.5, 0.6) is 5.75 Å². The second kappa shape index (κ2) is 5.98. The van der Waals surface area contributed by atoms with Crippen LogP contribution in [-0.4, -0.2) is 37.2 Å². The number of fused-ring (bicyclic) bond motifs is 1. The summed E-state index contributed by atoms with van der Waals surface area (Å²) >= 11 is 0. The lowest BCUT2D eigenvalue weighted by molar-refractivity contribution is 0.0861. The van der Waals surface area contributed by atoms with Gasteiger partial charge in [0.25, 0.3) is 0 Å². The summed E-state index contributed by atoms with van der Waals surface area (Å²) in [6.07, 6.45) is 4.85. The molecule has 2 atom stereocenters. The van der Waals surface area contributed by atoms with E-state index in [4.69, 9.17) is 4.74 Å². The Labute approximate surface area is 128 Å². The lowest BCUT2D eigenvalue weighted by atomic mass is 9.82. The molecule has 1 aromatic rings. The summed E-state index contributed by atoms with van der Waals surface area (Å²) in [4.78, 5) is 2.67. The maximum atomic E-state index is 5.96. The Kier molecular flexibility index (Phi) is 4.23. The number of nitrogens with one attached hydrogen (secondary N) is 1. The Morgan fingerprint density at radius 2 is 2.10 bits per heavy atom. The third-order valence-electron chi connectivity index (χ3n) is 5.51. The Balaban J connectivity index is 1.99. The third-order valence-corrected chi connectivity index (χ3v) is 5.51. The first-order valence-electron chi connectivity index (χ1n) is 8.37.